The summed E-state index contributed by atoms with van der Waals surface area (Å²) in [5.41, 5.74) is 1.51. The highest BCUT2D eigenvalue weighted by Gasteiger charge is 2.27. The molecule has 1 aliphatic rings. The minimum atomic E-state index is -2.87. The van der Waals surface area contributed by atoms with Crippen molar-refractivity contribution in [2.75, 3.05) is 20.1 Å². The average molecular weight is 365 g/mol. The fourth-order valence-corrected chi connectivity index (χ4v) is 3.09. The van der Waals surface area contributed by atoms with Crippen molar-refractivity contribution < 1.29 is 18.3 Å². The van der Waals surface area contributed by atoms with E-state index in [4.69, 9.17) is 0 Å². The molecule has 0 bridgehead atoms. The third-order valence-electron chi connectivity index (χ3n) is 4.52. The minimum Gasteiger partial charge on any atom is -0.435 e. The van der Waals surface area contributed by atoms with Gasteiger partial charge < -0.3 is 15.0 Å². The number of likely N-dealkylation sites (N-methyl/N-ethyl adjacent to an activating group) is 1. The molecule has 1 aliphatic heterocycles. The highest BCUT2D eigenvalue weighted by Crippen LogP contribution is 2.20. The highest BCUT2D eigenvalue weighted by molar-refractivity contribution is 5.93. The summed E-state index contributed by atoms with van der Waals surface area (Å²) in [4.78, 5) is 14.6. The third-order valence-corrected chi connectivity index (χ3v) is 4.52. The molecule has 2 heterocycles. The number of ether oxygens (including phenoxy) is 1. The smallest absolute Gasteiger partial charge is 0.387 e. The maximum atomic E-state index is 12.8. The second-order valence-electron chi connectivity index (χ2n) is 6.19. The van der Waals surface area contributed by atoms with Crippen molar-refractivity contribution in [3.8, 4) is 11.4 Å². The molecule has 1 N–H and O–H groups in total. The lowest BCUT2D eigenvalue weighted by atomic mass is 10.1. The number of hydrogen-bond acceptors (Lipinski definition) is 5. The normalized spacial score (nSPS) is 17.6. The predicted octanol–water partition coefficient (Wildman–Crippen LogP) is 2.00. The van der Waals surface area contributed by atoms with Gasteiger partial charge in [-0.2, -0.15) is 8.78 Å². The van der Waals surface area contributed by atoms with E-state index in [1.54, 1.807) is 24.0 Å². The molecule has 1 fully saturated rings. The second-order valence-corrected chi connectivity index (χ2v) is 6.19. The van der Waals surface area contributed by atoms with Gasteiger partial charge in [-0.25, -0.2) is 4.68 Å². The van der Waals surface area contributed by atoms with Crippen molar-refractivity contribution >= 4 is 5.91 Å². The molecule has 1 amide bonds. The van der Waals surface area contributed by atoms with Crippen LogP contribution in [0.1, 0.15) is 29.0 Å². The summed E-state index contributed by atoms with van der Waals surface area (Å²) in [6.45, 7) is 0.227. The summed E-state index contributed by atoms with van der Waals surface area (Å²) in [7, 11) is 1.89. The summed E-state index contributed by atoms with van der Waals surface area (Å²) < 4.78 is 30.3. The molecule has 1 atom stereocenters. The number of halogens is 2. The summed E-state index contributed by atoms with van der Waals surface area (Å²) >= 11 is 0. The van der Waals surface area contributed by atoms with Crippen LogP contribution in [0.2, 0.25) is 0 Å². The number of piperidine rings is 1. The van der Waals surface area contributed by atoms with E-state index in [-0.39, 0.29) is 17.7 Å². The van der Waals surface area contributed by atoms with Crippen molar-refractivity contribution in [1.29, 1.82) is 0 Å². The summed E-state index contributed by atoms with van der Waals surface area (Å²) in [5, 5.41) is 11.3. The number of carbonyl (C=O) groups excluding carboxylic acids is 1. The predicted molar refractivity (Wildman–Crippen MR) is 90.7 cm³/mol. The Morgan fingerprint density at radius 3 is 2.73 bits per heavy atom. The van der Waals surface area contributed by atoms with Gasteiger partial charge in [0.15, 0.2) is 5.69 Å². The Morgan fingerprint density at radius 2 is 2.08 bits per heavy atom. The molecule has 0 aliphatic carbocycles. The summed E-state index contributed by atoms with van der Waals surface area (Å²) in [6.07, 6.45) is 1.98. The molecule has 1 aromatic carbocycles. The molecule has 3 rings (SSSR count). The quantitative estimate of drug-likeness (QED) is 0.878. The molecular weight excluding hydrogens is 344 g/mol. The first-order chi connectivity index (χ1) is 12.5. The van der Waals surface area contributed by atoms with Crippen molar-refractivity contribution in [3.63, 3.8) is 0 Å². The van der Waals surface area contributed by atoms with Crippen molar-refractivity contribution in [1.82, 2.24) is 25.2 Å². The van der Waals surface area contributed by atoms with Crippen LogP contribution in [-0.2, 0) is 0 Å². The standard InChI is InChI=1S/C17H21F2N5O2/c1-11-15(16(25)23-9-3-4-12(10-23)20-2)21-22-24(11)13-5-7-14(8-6-13)26-17(18)19/h5-8,12,17,20H,3-4,9-10H2,1-2H3. The molecule has 7 nitrogen and oxygen atoms in total. The number of nitrogens with zero attached hydrogens (tertiary/aromatic N) is 4. The van der Waals surface area contributed by atoms with Gasteiger partial charge in [-0.05, 0) is 51.1 Å². The maximum absolute atomic E-state index is 12.8. The van der Waals surface area contributed by atoms with Crippen molar-refractivity contribution in [2.45, 2.75) is 32.4 Å². The molecule has 1 aromatic heterocycles. The Kier molecular flexibility index (Phi) is 5.46. The van der Waals surface area contributed by atoms with Gasteiger partial charge in [0.25, 0.3) is 5.91 Å². The zero-order valence-corrected chi connectivity index (χ0v) is 14.7. The van der Waals surface area contributed by atoms with E-state index in [1.807, 2.05) is 7.05 Å². The molecule has 1 saturated heterocycles. The van der Waals surface area contributed by atoms with Crippen LogP contribution in [0.15, 0.2) is 24.3 Å². The van der Waals surface area contributed by atoms with Crippen LogP contribution in [0.4, 0.5) is 8.78 Å². The van der Waals surface area contributed by atoms with Gasteiger partial charge in [0.05, 0.1) is 11.4 Å². The monoisotopic (exact) mass is 365 g/mol. The molecule has 0 saturated carbocycles. The Labute approximate surface area is 149 Å². The van der Waals surface area contributed by atoms with Crippen LogP contribution in [0.25, 0.3) is 5.69 Å². The SMILES string of the molecule is CNC1CCCN(C(=O)c2nnn(-c3ccc(OC(F)F)cc3)c2C)C1. The lowest BCUT2D eigenvalue weighted by Crippen LogP contribution is -2.47. The largest absolute Gasteiger partial charge is 0.435 e. The van der Waals surface area contributed by atoms with Crippen LogP contribution in [0.5, 0.6) is 5.75 Å². The summed E-state index contributed by atoms with van der Waals surface area (Å²) in [6, 6.07) is 6.31. The van der Waals surface area contributed by atoms with Crippen molar-refractivity contribution in [3.05, 3.63) is 35.7 Å². The van der Waals surface area contributed by atoms with Crippen molar-refractivity contribution in [2.24, 2.45) is 0 Å². The molecule has 140 valence electrons. The van der Waals surface area contributed by atoms with Gasteiger partial charge in [0.1, 0.15) is 5.75 Å². The molecule has 1 unspecified atom stereocenters. The Hall–Kier alpha value is -2.55. The minimum absolute atomic E-state index is 0.0595. The Bertz CT molecular complexity index is 763. The van der Waals surface area contributed by atoms with Crippen LogP contribution in [0.3, 0.4) is 0 Å². The number of alkyl halides is 2. The number of aromatic nitrogens is 3. The number of carbonyl (C=O) groups is 1. The summed E-state index contributed by atoms with van der Waals surface area (Å²) in [5.74, 6) is -0.0874. The van der Waals surface area contributed by atoms with Crippen LogP contribution < -0.4 is 10.1 Å². The number of nitrogens with one attached hydrogen (secondary N) is 1. The van der Waals surface area contributed by atoms with Gasteiger partial charge in [-0.1, -0.05) is 5.21 Å². The molecule has 2 aromatic rings. The van der Waals surface area contributed by atoms with Crippen LogP contribution in [-0.4, -0.2) is 58.6 Å². The molecule has 0 radical (unpaired) electrons. The Balaban J connectivity index is 1.78. The fraction of sp³-hybridized carbons (Fsp3) is 0.471. The van der Waals surface area contributed by atoms with E-state index in [2.05, 4.69) is 20.4 Å². The number of likely N-dealkylation sites (tertiary alicyclic amines) is 1. The first-order valence-corrected chi connectivity index (χ1v) is 8.43. The van der Waals surface area contributed by atoms with E-state index in [0.717, 1.165) is 12.8 Å². The maximum Gasteiger partial charge on any atom is 0.387 e. The lowest BCUT2D eigenvalue weighted by molar-refractivity contribution is -0.0498. The molecule has 0 spiro atoms. The average Bonchev–Trinajstić information content (AvgIpc) is 3.03. The highest BCUT2D eigenvalue weighted by atomic mass is 19.3. The lowest BCUT2D eigenvalue weighted by Gasteiger charge is -2.32. The van der Waals surface area contributed by atoms with Gasteiger partial charge in [-0.3, -0.25) is 4.79 Å². The third kappa shape index (κ3) is 3.82. The van der Waals surface area contributed by atoms with E-state index in [0.29, 0.717) is 30.2 Å². The number of benzene rings is 1. The van der Waals surface area contributed by atoms with E-state index < -0.39 is 6.61 Å². The first-order valence-electron chi connectivity index (χ1n) is 8.43. The van der Waals surface area contributed by atoms with Crippen LogP contribution in [0, 0.1) is 6.92 Å². The number of amides is 1. The Morgan fingerprint density at radius 1 is 1.35 bits per heavy atom. The van der Waals surface area contributed by atoms with E-state index >= 15 is 0 Å². The number of hydrogen-bond donors (Lipinski definition) is 1. The zero-order chi connectivity index (χ0) is 18.7. The number of rotatable bonds is 5. The van der Waals surface area contributed by atoms with Gasteiger partial charge in [-0.15, -0.1) is 5.10 Å². The van der Waals surface area contributed by atoms with Gasteiger partial charge in [0.2, 0.25) is 0 Å². The first kappa shape index (κ1) is 18.2. The van der Waals surface area contributed by atoms with E-state index in [9.17, 15) is 13.6 Å². The topological polar surface area (TPSA) is 72.3 Å². The molecular formula is C17H21F2N5O2. The second kappa shape index (κ2) is 7.77. The van der Waals surface area contributed by atoms with Crippen LogP contribution >= 0.6 is 0 Å². The fourth-order valence-electron chi connectivity index (χ4n) is 3.09. The van der Waals surface area contributed by atoms with Gasteiger partial charge >= 0.3 is 6.61 Å². The van der Waals surface area contributed by atoms with Gasteiger partial charge in [0, 0.05) is 19.1 Å². The molecule has 9 heteroatoms. The zero-order valence-electron chi connectivity index (χ0n) is 14.7. The van der Waals surface area contributed by atoms with E-state index in [1.165, 1.54) is 16.8 Å². The molecule has 26 heavy (non-hydrogen) atoms.